The van der Waals surface area contributed by atoms with Gasteiger partial charge in [-0.25, -0.2) is 8.78 Å². The monoisotopic (exact) mass is 322 g/mol. The number of amides is 1. The molecule has 1 saturated heterocycles. The minimum Gasteiger partial charge on any atom is -0.348 e. The van der Waals surface area contributed by atoms with Crippen molar-refractivity contribution in [1.82, 2.24) is 10.6 Å². The summed E-state index contributed by atoms with van der Waals surface area (Å²) in [7, 11) is 0. The number of halogens is 5. The van der Waals surface area contributed by atoms with Crippen molar-refractivity contribution in [3.05, 3.63) is 35.4 Å². The second kappa shape index (κ2) is 5.83. The molecule has 8 heteroatoms. The van der Waals surface area contributed by atoms with Crippen LogP contribution in [0.15, 0.2) is 24.3 Å². The number of hydrogen-bond acceptors (Lipinski definition) is 2. The summed E-state index contributed by atoms with van der Waals surface area (Å²) < 4.78 is 63.4. The fourth-order valence-corrected chi connectivity index (χ4v) is 2.26. The van der Waals surface area contributed by atoms with Crippen LogP contribution in [0.3, 0.4) is 0 Å². The first kappa shape index (κ1) is 16.7. The van der Waals surface area contributed by atoms with E-state index in [1.165, 1.54) is 12.1 Å². The first-order valence-corrected chi connectivity index (χ1v) is 6.67. The maximum Gasteiger partial charge on any atom is 0.416 e. The summed E-state index contributed by atoms with van der Waals surface area (Å²) in [4.78, 5) is 11.9. The van der Waals surface area contributed by atoms with E-state index in [-0.39, 0.29) is 0 Å². The minimum absolute atomic E-state index is 0.464. The number of rotatable bonds is 3. The van der Waals surface area contributed by atoms with Gasteiger partial charge >= 0.3 is 6.18 Å². The van der Waals surface area contributed by atoms with Gasteiger partial charge in [0, 0.05) is 6.42 Å². The van der Waals surface area contributed by atoms with Crippen molar-refractivity contribution in [3.63, 3.8) is 0 Å². The topological polar surface area (TPSA) is 41.1 Å². The Kier molecular flexibility index (Phi) is 4.42. The first-order chi connectivity index (χ1) is 10.1. The molecule has 1 aliphatic rings. The molecule has 0 saturated carbocycles. The molecule has 1 amide bonds. The van der Waals surface area contributed by atoms with Crippen molar-refractivity contribution in [3.8, 4) is 0 Å². The lowest BCUT2D eigenvalue weighted by Crippen LogP contribution is -2.41. The van der Waals surface area contributed by atoms with Gasteiger partial charge in [0.15, 0.2) is 0 Å². The van der Waals surface area contributed by atoms with Crippen molar-refractivity contribution in [2.75, 3.05) is 6.54 Å². The number of carbonyl (C=O) groups excluding carboxylic acids is 1. The summed E-state index contributed by atoms with van der Waals surface area (Å²) in [5.41, 5.74) is -0.321. The summed E-state index contributed by atoms with van der Waals surface area (Å²) in [5.74, 6) is -3.51. The predicted octanol–water partition coefficient (Wildman–Crippen LogP) is 2.88. The van der Waals surface area contributed by atoms with E-state index >= 15 is 0 Å². The number of hydrogen-bond donors (Lipinski definition) is 2. The van der Waals surface area contributed by atoms with Crippen molar-refractivity contribution >= 4 is 5.91 Å². The standard InChI is InChI=1S/C14H15F5N2O/c1-8(9-2-4-10(5-3-9)14(17,18)19)21-12(22)11-6-13(15,16)7-20-11/h2-5,8,11,20H,6-7H2,1H3,(H,21,22)/t8-,11-/m1/s1. The van der Waals surface area contributed by atoms with Crippen LogP contribution in [0, 0.1) is 0 Å². The summed E-state index contributed by atoms with van der Waals surface area (Å²) in [6, 6.07) is 2.77. The van der Waals surface area contributed by atoms with Gasteiger partial charge in [0.25, 0.3) is 5.92 Å². The summed E-state index contributed by atoms with van der Waals surface area (Å²) in [6.07, 6.45) is -5.01. The summed E-state index contributed by atoms with van der Waals surface area (Å²) in [5, 5.41) is 4.94. The molecule has 1 aromatic carbocycles. The van der Waals surface area contributed by atoms with Crippen molar-refractivity contribution in [1.29, 1.82) is 0 Å². The van der Waals surface area contributed by atoms with Crippen LogP contribution in [0.5, 0.6) is 0 Å². The Labute approximate surface area is 123 Å². The SMILES string of the molecule is C[C@@H](NC(=O)[C@H]1CC(F)(F)CN1)c1ccc(C(F)(F)F)cc1. The largest absolute Gasteiger partial charge is 0.416 e. The average molecular weight is 322 g/mol. The molecule has 3 nitrogen and oxygen atoms in total. The van der Waals surface area contributed by atoms with E-state index in [1.807, 2.05) is 0 Å². The molecule has 1 aliphatic heterocycles. The molecule has 1 fully saturated rings. The van der Waals surface area contributed by atoms with E-state index in [4.69, 9.17) is 0 Å². The third-order valence-electron chi connectivity index (χ3n) is 3.52. The molecule has 2 N–H and O–H groups in total. The van der Waals surface area contributed by atoms with Crippen LogP contribution < -0.4 is 10.6 Å². The van der Waals surface area contributed by atoms with Crippen LogP contribution in [0.1, 0.15) is 30.5 Å². The maximum atomic E-state index is 13.0. The molecule has 1 heterocycles. The third-order valence-corrected chi connectivity index (χ3v) is 3.52. The van der Waals surface area contributed by atoms with E-state index < -0.39 is 48.6 Å². The minimum atomic E-state index is -4.43. The second-order valence-corrected chi connectivity index (χ2v) is 5.34. The van der Waals surface area contributed by atoms with E-state index in [9.17, 15) is 26.7 Å². The molecule has 1 aromatic rings. The molecule has 0 bridgehead atoms. The number of carbonyl (C=O) groups is 1. The predicted molar refractivity (Wildman–Crippen MR) is 69.4 cm³/mol. The lowest BCUT2D eigenvalue weighted by Gasteiger charge is -2.18. The molecule has 2 atom stereocenters. The highest BCUT2D eigenvalue weighted by molar-refractivity contribution is 5.82. The highest BCUT2D eigenvalue weighted by Gasteiger charge is 2.42. The van der Waals surface area contributed by atoms with Gasteiger partial charge in [0.1, 0.15) is 0 Å². The molecule has 0 unspecified atom stereocenters. The van der Waals surface area contributed by atoms with Gasteiger partial charge in [-0.3, -0.25) is 10.1 Å². The first-order valence-electron chi connectivity index (χ1n) is 6.67. The Balaban J connectivity index is 1.97. The van der Waals surface area contributed by atoms with Gasteiger partial charge in [0.2, 0.25) is 5.91 Å². The molecule has 0 spiro atoms. The van der Waals surface area contributed by atoms with Crippen LogP contribution in [-0.2, 0) is 11.0 Å². The number of alkyl halides is 5. The van der Waals surface area contributed by atoms with Gasteiger partial charge in [-0.1, -0.05) is 12.1 Å². The molecule has 122 valence electrons. The third kappa shape index (κ3) is 3.94. The Morgan fingerprint density at radius 1 is 1.32 bits per heavy atom. The molecular formula is C14H15F5N2O. The molecular weight excluding hydrogens is 307 g/mol. The van der Waals surface area contributed by atoms with E-state index in [0.29, 0.717) is 5.56 Å². The van der Waals surface area contributed by atoms with E-state index in [0.717, 1.165) is 12.1 Å². The maximum absolute atomic E-state index is 13.0. The van der Waals surface area contributed by atoms with Crippen LogP contribution >= 0.6 is 0 Å². The highest BCUT2D eigenvalue weighted by Crippen LogP contribution is 2.30. The zero-order valence-corrected chi connectivity index (χ0v) is 11.7. The quantitative estimate of drug-likeness (QED) is 0.840. The van der Waals surface area contributed by atoms with Crippen molar-refractivity contribution in [2.45, 2.75) is 37.5 Å². The Morgan fingerprint density at radius 3 is 2.36 bits per heavy atom. The van der Waals surface area contributed by atoms with Crippen LogP contribution in [0.2, 0.25) is 0 Å². The number of nitrogens with one attached hydrogen (secondary N) is 2. The lowest BCUT2D eigenvalue weighted by molar-refractivity contribution is -0.137. The summed E-state index contributed by atoms with van der Waals surface area (Å²) >= 11 is 0. The van der Waals surface area contributed by atoms with Gasteiger partial charge in [-0.2, -0.15) is 13.2 Å². The number of benzene rings is 1. The zero-order chi connectivity index (χ0) is 16.5. The summed E-state index contributed by atoms with van der Waals surface area (Å²) in [6.45, 7) is 1.02. The zero-order valence-electron chi connectivity index (χ0n) is 11.7. The van der Waals surface area contributed by atoms with E-state index in [2.05, 4.69) is 10.6 Å². The molecule has 22 heavy (non-hydrogen) atoms. The smallest absolute Gasteiger partial charge is 0.348 e. The molecule has 2 rings (SSSR count). The van der Waals surface area contributed by atoms with Gasteiger partial charge < -0.3 is 5.32 Å². The van der Waals surface area contributed by atoms with Crippen LogP contribution in [0.4, 0.5) is 22.0 Å². The lowest BCUT2D eigenvalue weighted by atomic mass is 10.1. The molecule has 0 radical (unpaired) electrons. The van der Waals surface area contributed by atoms with Crippen LogP contribution in [0.25, 0.3) is 0 Å². The van der Waals surface area contributed by atoms with Gasteiger partial charge in [-0.05, 0) is 24.6 Å². The van der Waals surface area contributed by atoms with Gasteiger partial charge in [-0.15, -0.1) is 0 Å². The normalized spacial score (nSPS) is 22.4. The fourth-order valence-electron chi connectivity index (χ4n) is 2.26. The molecule has 0 aliphatic carbocycles. The second-order valence-electron chi connectivity index (χ2n) is 5.34. The Hall–Kier alpha value is -1.70. The average Bonchev–Trinajstić information content (AvgIpc) is 2.78. The van der Waals surface area contributed by atoms with Crippen LogP contribution in [-0.4, -0.2) is 24.4 Å². The van der Waals surface area contributed by atoms with Crippen molar-refractivity contribution < 1.29 is 26.7 Å². The molecule has 0 aromatic heterocycles. The van der Waals surface area contributed by atoms with Crippen molar-refractivity contribution in [2.24, 2.45) is 0 Å². The van der Waals surface area contributed by atoms with Gasteiger partial charge in [0.05, 0.1) is 24.2 Å². The fraction of sp³-hybridized carbons (Fsp3) is 0.500. The Morgan fingerprint density at radius 2 is 1.91 bits per heavy atom. The van der Waals surface area contributed by atoms with E-state index in [1.54, 1.807) is 6.92 Å². The highest BCUT2D eigenvalue weighted by atomic mass is 19.4. The Bertz CT molecular complexity index is 541.